The number of hydrogen-bond acceptors (Lipinski definition) is 4. The molecule has 2 atom stereocenters. The van der Waals surface area contributed by atoms with Gasteiger partial charge in [-0.2, -0.15) is 0 Å². The van der Waals surface area contributed by atoms with Crippen molar-refractivity contribution in [2.75, 3.05) is 12.3 Å². The predicted molar refractivity (Wildman–Crippen MR) is 50.9 cm³/mol. The molecule has 0 aliphatic heterocycles. The van der Waals surface area contributed by atoms with E-state index >= 15 is 0 Å². The van der Waals surface area contributed by atoms with Crippen LogP contribution in [0.1, 0.15) is 13.8 Å². The summed E-state index contributed by atoms with van der Waals surface area (Å²) in [6.07, 6.45) is -1.00. The zero-order chi connectivity index (χ0) is 12.2. The predicted octanol–water partition coefficient (Wildman–Crippen LogP) is -2.93. The topological polar surface area (TPSA) is 115 Å². The molecule has 8 heteroatoms. The second-order valence-electron chi connectivity index (χ2n) is 3.66. The molecule has 0 spiro atoms. The molecule has 0 aliphatic carbocycles. The minimum atomic E-state index is -3.92. The number of hydrogen-bond donors (Lipinski definition) is 2. The molecule has 0 rings (SSSR count). The van der Waals surface area contributed by atoms with E-state index in [2.05, 4.69) is 0 Å². The van der Waals surface area contributed by atoms with Crippen LogP contribution in [0.15, 0.2) is 0 Å². The smallest absolute Gasteiger partial charge is 0.799 e. The molecule has 0 heterocycles. The molecular weight excluding hydrogens is 230 g/mol. The number of carbonyl (C=O) groups is 2. The van der Waals surface area contributed by atoms with E-state index in [-0.39, 0.29) is 18.9 Å². The Bertz CT molecular complexity index is 279. The zero-order valence-corrected chi connectivity index (χ0v) is 10.4. The summed E-state index contributed by atoms with van der Waals surface area (Å²) in [5.41, 5.74) is 0. The fourth-order valence-corrected chi connectivity index (χ4v) is 3.20. The van der Waals surface area contributed by atoms with Gasteiger partial charge in [-0.25, -0.2) is 0 Å². The average Bonchev–Trinajstić information content (AvgIpc) is 2.01. The van der Waals surface area contributed by atoms with Gasteiger partial charge in [-0.15, -0.1) is 0 Å². The normalized spacial score (nSPS) is 17.7. The van der Waals surface area contributed by atoms with Crippen LogP contribution in [0.2, 0.25) is 0 Å². The van der Waals surface area contributed by atoms with E-state index in [1.165, 1.54) is 13.8 Å². The Morgan fingerprint density at radius 1 is 1.12 bits per heavy atom. The van der Waals surface area contributed by atoms with Crippen molar-refractivity contribution in [3.05, 3.63) is 0 Å². The van der Waals surface area contributed by atoms with Gasteiger partial charge < -0.3 is 19.7 Å². The third-order valence-corrected chi connectivity index (χ3v) is 4.16. The average molecular weight is 244 g/mol. The molecule has 16 heavy (non-hydrogen) atoms. The third-order valence-electron chi connectivity index (χ3n) is 1.95. The number of rotatable bonds is 6. The fourth-order valence-electron chi connectivity index (χ4n) is 1.07. The Morgan fingerprint density at radius 2 is 1.38 bits per heavy atom. The molecule has 0 aromatic heterocycles. The maximum atomic E-state index is 11.4. The molecule has 0 saturated carbocycles. The van der Waals surface area contributed by atoms with Gasteiger partial charge >= 0.3 is 30.8 Å². The Labute approximate surface area is 106 Å². The molecule has 2 N–H and O–H groups in total. The summed E-state index contributed by atoms with van der Waals surface area (Å²) in [7, 11) is -3.92. The molecule has 2 unspecified atom stereocenters. The van der Waals surface area contributed by atoms with E-state index in [9.17, 15) is 19.0 Å². The van der Waals surface area contributed by atoms with Gasteiger partial charge in [0.05, 0.1) is 11.8 Å². The van der Waals surface area contributed by atoms with Crippen LogP contribution in [0.5, 0.6) is 0 Å². The van der Waals surface area contributed by atoms with Crippen molar-refractivity contribution in [3.63, 3.8) is 0 Å². The van der Waals surface area contributed by atoms with E-state index in [1.807, 2.05) is 0 Å². The van der Waals surface area contributed by atoms with Gasteiger partial charge in [0.2, 0.25) is 0 Å². The quantitative estimate of drug-likeness (QED) is 0.382. The Hall–Kier alpha value is -0.273. The van der Waals surface area contributed by atoms with E-state index in [0.717, 1.165) is 0 Å². The van der Waals surface area contributed by atoms with Crippen molar-refractivity contribution in [3.8, 4) is 0 Å². The Balaban J connectivity index is 0. The van der Waals surface area contributed by atoms with E-state index in [0.29, 0.717) is 0 Å². The molecule has 6 nitrogen and oxygen atoms in total. The number of carboxylic acids is 2. The van der Waals surface area contributed by atoms with Crippen molar-refractivity contribution in [1.82, 2.24) is 0 Å². The summed E-state index contributed by atoms with van der Waals surface area (Å²) >= 11 is 0. The summed E-state index contributed by atoms with van der Waals surface area (Å²) in [6.45, 7) is 2.55. The Kier molecular flexibility index (Phi) is 8.07. The van der Waals surface area contributed by atoms with Gasteiger partial charge in [-0.3, -0.25) is 9.59 Å². The van der Waals surface area contributed by atoms with Gasteiger partial charge in [-0.05, 0) is 0 Å². The largest absolute Gasteiger partial charge is 1.00 e. The van der Waals surface area contributed by atoms with Gasteiger partial charge in [-0.1, -0.05) is 13.8 Å². The van der Waals surface area contributed by atoms with Gasteiger partial charge in [0.25, 0.3) is 0 Å². The van der Waals surface area contributed by atoms with Crippen LogP contribution < -0.4 is 23.8 Å². The minimum absolute atomic E-state index is 0. The van der Waals surface area contributed by atoms with Gasteiger partial charge in [0, 0.05) is 19.7 Å². The summed E-state index contributed by atoms with van der Waals surface area (Å²) in [4.78, 5) is 32.2. The SMILES string of the molecule is CC(CP(=O)([O-])CC(C)C(=O)O)C(=O)O.[Li+]. The number of carboxylic acid groups (broad SMARTS) is 2. The first-order valence-corrected chi connectivity index (χ1v) is 6.40. The van der Waals surface area contributed by atoms with Crippen LogP contribution in [0, 0.1) is 11.8 Å². The van der Waals surface area contributed by atoms with Crippen molar-refractivity contribution >= 4 is 19.3 Å². The van der Waals surface area contributed by atoms with E-state index in [1.54, 1.807) is 0 Å². The van der Waals surface area contributed by atoms with Crippen LogP contribution in [-0.2, 0) is 14.2 Å². The molecule has 0 aromatic rings. The molecule has 0 radical (unpaired) electrons. The maximum absolute atomic E-state index is 11.4. The first kappa shape index (κ1) is 18.1. The van der Waals surface area contributed by atoms with Crippen molar-refractivity contribution in [2.45, 2.75) is 13.8 Å². The van der Waals surface area contributed by atoms with Crippen molar-refractivity contribution < 1.29 is 48.1 Å². The fraction of sp³-hybridized carbons (Fsp3) is 0.750. The third kappa shape index (κ3) is 7.08. The molecule has 0 fully saturated rings. The van der Waals surface area contributed by atoms with Crippen molar-refractivity contribution in [2.24, 2.45) is 11.8 Å². The zero-order valence-electron chi connectivity index (χ0n) is 9.54. The second kappa shape index (κ2) is 7.13. The molecule has 0 aromatic carbocycles. The summed E-state index contributed by atoms with van der Waals surface area (Å²) in [5, 5.41) is 17.0. The van der Waals surface area contributed by atoms with Crippen LogP contribution in [0.25, 0.3) is 0 Å². The monoisotopic (exact) mass is 244 g/mol. The Morgan fingerprint density at radius 3 is 1.56 bits per heavy atom. The van der Waals surface area contributed by atoms with Crippen LogP contribution in [-0.4, -0.2) is 34.5 Å². The molecule has 0 bridgehead atoms. The van der Waals surface area contributed by atoms with Crippen molar-refractivity contribution in [1.29, 1.82) is 0 Å². The first-order chi connectivity index (χ1) is 6.65. The minimum Gasteiger partial charge on any atom is -0.799 e. The standard InChI is InChI=1S/C8H15O6P.Li/c1-5(7(9)10)3-15(13,14)4-6(2)8(11)12;/h5-6H,3-4H2,1-2H3,(H,9,10)(H,11,12)(H,13,14);/q;+1/p-1. The summed E-state index contributed by atoms with van der Waals surface area (Å²) in [6, 6.07) is 0. The molecule has 0 saturated heterocycles. The molecule has 88 valence electrons. The summed E-state index contributed by atoms with van der Waals surface area (Å²) in [5.74, 6) is -4.41. The molecule has 0 amide bonds. The van der Waals surface area contributed by atoms with Crippen LogP contribution in [0.3, 0.4) is 0 Å². The molecular formula is C8H14LiO6P. The summed E-state index contributed by atoms with van der Waals surface area (Å²) < 4.78 is 11.4. The number of aliphatic carboxylic acids is 2. The molecule has 0 aliphatic rings. The van der Waals surface area contributed by atoms with Crippen LogP contribution in [0.4, 0.5) is 0 Å². The van der Waals surface area contributed by atoms with E-state index < -0.39 is 43.5 Å². The van der Waals surface area contributed by atoms with Gasteiger partial charge in [0.1, 0.15) is 0 Å². The first-order valence-electron chi connectivity index (χ1n) is 4.40. The second-order valence-corrected chi connectivity index (χ2v) is 6.02. The van der Waals surface area contributed by atoms with E-state index in [4.69, 9.17) is 10.2 Å². The van der Waals surface area contributed by atoms with Crippen LogP contribution >= 0.6 is 7.37 Å². The maximum Gasteiger partial charge on any atom is 1.00 e. The van der Waals surface area contributed by atoms with Gasteiger partial charge in [0.15, 0.2) is 0 Å².